The first-order chi connectivity index (χ1) is 3.43. The quantitative estimate of drug-likeness (QED) is 0.482. The Morgan fingerprint density at radius 2 is 2.86 bits per heavy atom. The molecule has 3 nitrogen and oxygen atoms in total. The number of nitrogens with one attached hydrogen (secondary N) is 1. The lowest BCUT2D eigenvalue weighted by Crippen LogP contribution is -1.94. The fourth-order valence-electron chi connectivity index (χ4n) is 0.309. The first-order valence-electron chi connectivity index (χ1n) is 1.82. The van der Waals surface area contributed by atoms with E-state index in [2.05, 4.69) is 10.5 Å². The normalized spacial score (nSPS) is 18.0. The Hall–Kier alpha value is -0.510. The van der Waals surface area contributed by atoms with Crippen molar-refractivity contribution in [3.63, 3.8) is 0 Å². The van der Waals surface area contributed by atoms with Gasteiger partial charge in [0, 0.05) is 0 Å². The fourth-order valence-corrected chi connectivity index (χ4v) is 0.783. The molecule has 0 aliphatic carbocycles. The van der Waals surface area contributed by atoms with Crippen LogP contribution in [-0.4, -0.2) is 17.2 Å². The van der Waals surface area contributed by atoms with Gasteiger partial charge in [-0.05, 0) is 0 Å². The van der Waals surface area contributed by atoms with Crippen molar-refractivity contribution in [1.29, 1.82) is 0 Å². The monoisotopic (exact) mass is 116 g/mol. The highest BCUT2D eigenvalue weighted by molar-refractivity contribution is 8.15. The highest BCUT2D eigenvalue weighted by Crippen LogP contribution is 2.03. The van der Waals surface area contributed by atoms with E-state index in [1.165, 1.54) is 11.8 Å². The van der Waals surface area contributed by atoms with Crippen LogP contribution in [0.5, 0.6) is 0 Å². The SMILES string of the molecule is O=CC1=NNCS1. The van der Waals surface area contributed by atoms with Crippen LogP contribution in [-0.2, 0) is 4.79 Å². The summed E-state index contributed by atoms with van der Waals surface area (Å²) in [5, 5.41) is 4.16. The zero-order chi connectivity index (χ0) is 5.11. The highest BCUT2D eigenvalue weighted by Gasteiger charge is 2.01. The van der Waals surface area contributed by atoms with Crippen molar-refractivity contribution in [2.45, 2.75) is 0 Å². The minimum Gasteiger partial charge on any atom is -0.298 e. The Labute approximate surface area is 45.2 Å². The molecular formula is C3H4N2OS. The van der Waals surface area contributed by atoms with Gasteiger partial charge < -0.3 is 0 Å². The molecule has 0 saturated carbocycles. The minimum absolute atomic E-state index is 0.542. The van der Waals surface area contributed by atoms with Gasteiger partial charge in [0.2, 0.25) is 0 Å². The van der Waals surface area contributed by atoms with Gasteiger partial charge in [-0.25, -0.2) is 0 Å². The van der Waals surface area contributed by atoms with Crippen molar-refractivity contribution in [2.24, 2.45) is 5.10 Å². The van der Waals surface area contributed by atoms with Crippen LogP contribution in [0.25, 0.3) is 0 Å². The van der Waals surface area contributed by atoms with Gasteiger partial charge in [0.05, 0.1) is 5.88 Å². The van der Waals surface area contributed by atoms with Gasteiger partial charge in [0.25, 0.3) is 0 Å². The predicted octanol–water partition coefficient (Wildman–Crippen LogP) is -0.207. The molecule has 1 heterocycles. The summed E-state index contributed by atoms with van der Waals surface area (Å²) >= 11 is 1.41. The van der Waals surface area contributed by atoms with Crippen LogP contribution in [0.4, 0.5) is 0 Å². The zero-order valence-electron chi connectivity index (χ0n) is 3.55. The maximum atomic E-state index is 9.82. The van der Waals surface area contributed by atoms with Crippen LogP contribution in [0.1, 0.15) is 0 Å². The molecular weight excluding hydrogens is 112 g/mol. The first-order valence-corrected chi connectivity index (χ1v) is 2.80. The third kappa shape index (κ3) is 0.928. The van der Waals surface area contributed by atoms with Gasteiger partial charge in [0.15, 0.2) is 11.3 Å². The Morgan fingerprint density at radius 1 is 2.00 bits per heavy atom. The second kappa shape index (κ2) is 1.97. The van der Waals surface area contributed by atoms with Gasteiger partial charge >= 0.3 is 0 Å². The molecule has 0 aromatic heterocycles. The maximum absolute atomic E-state index is 9.82. The molecule has 4 heteroatoms. The Bertz CT molecular complexity index is 112. The average Bonchev–Trinajstić information content (AvgIpc) is 2.14. The van der Waals surface area contributed by atoms with Crippen molar-refractivity contribution in [1.82, 2.24) is 5.43 Å². The summed E-state index contributed by atoms with van der Waals surface area (Å²) in [5.74, 6) is 0.730. The van der Waals surface area contributed by atoms with Crippen molar-refractivity contribution >= 4 is 23.1 Å². The molecule has 0 atom stereocenters. The molecule has 0 bridgehead atoms. The zero-order valence-corrected chi connectivity index (χ0v) is 4.36. The van der Waals surface area contributed by atoms with E-state index in [1.807, 2.05) is 0 Å². The van der Waals surface area contributed by atoms with E-state index in [4.69, 9.17) is 0 Å². The van der Waals surface area contributed by atoms with E-state index < -0.39 is 0 Å². The number of hydrogen-bond acceptors (Lipinski definition) is 4. The van der Waals surface area contributed by atoms with Crippen LogP contribution in [0, 0.1) is 0 Å². The van der Waals surface area contributed by atoms with Gasteiger partial charge in [0.1, 0.15) is 0 Å². The highest BCUT2D eigenvalue weighted by atomic mass is 32.2. The molecule has 0 spiro atoms. The molecule has 38 valence electrons. The largest absolute Gasteiger partial charge is 0.298 e. The molecule has 0 radical (unpaired) electrons. The Kier molecular flexibility index (Phi) is 1.31. The molecule has 1 N–H and O–H groups in total. The van der Waals surface area contributed by atoms with Gasteiger partial charge in [-0.1, -0.05) is 11.8 Å². The maximum Gasteiger partial charge on any atom is 0.176 e. The second-order valence-corrected chi connectivity index (χ2v) is 2.01. The molecule has 0 saturated heterocycles. The standard InChI is InChI=1S/C3H4N2OS/c6-1-3-5-4-2-7-3/h1,4H,2H2. The topological polar surface area (TPSA) is 41.5 Å². The smallest absolute Gasteiger partial charge is 0.176 e. The van der Waals surface area contributed by atoms with Crippen molar-refractivity contribution in [3.8, 4) is 0 Å². The van der Waals surface area contributed by atoms with Crippen LogP contribution < -0.4 is 5.43 Å². The van der Waals surface area contributed by atoms with E-state index >= 15 is 0 Å². The van der Waals surface area contributed by atoms with Gasteiger partial charge in [-0.2, -0.15) is 5.10 Å². The number of hydrazone groups is 1. The van der Waals surface area contributed by atoms with E-state index in [1.54, 1.807) is 0 Å². The number of hydrogen-bond donors (Lipinski definition) is 1. The summed E-state index contributed by atoms with van der Waals surface area (Å²) in [6.07, 6.45) is 0.741. The number of rotatable bonds is 1. The first kappa shape index (κ1) is 4.64. The molecule has 0 amide bonds. The van der Waals surface area contributed by atoms with E-state index in [0.29, 0.717) is 5.04 Å². The van der Waals surface area contributed by atoms with Crippen LogP contribution in [0.15, 0.2) is 5.10 Å². The second-order valence-electron chi connectivity index (χ2n) is 1.01. The molecule has 0 fully saturated rings. The summed E-state index contributed by atoms with van der Waals surface area (Å²) in [5.41, 5.74) is 2.64. The van der Waals surface area contributed by atoms with E-state index in [-0.39, 0.29) is 0 Å². The molecule has 0 aromatic rings. The molecule has 1 aliphatic heterocycles. The molecule has 1 aliphatic rings. The van der Waals surface area contributed by atoms with E-state index in [0.717, 1.165) is 12.2 Å². The summed E-state index contributed by atoms with van der Waals surface area (Å²) in [6.45, 7) is 0. The molecule has 7 heavy (non-hydrogen) atoms. The lowest BCUT2D eigenvalue weighted by molar-refractivity contribution is -0.102. The predicted molar refractivity (Wildman–Crippen MR) is 29.1 cm³/mol. The lowest BCUT2D eigenvalue weighted by atomic mass is 10.8. The number of nitrogens with zero attached hydrogens (tertiary/aromatic N) is 1. The number of aldehydes is 1. The van der Waals surface area contributed by atoms with Gasteiger partial charge in [-0.15, -0.1) is 0 Å². The van der Waals surface area contributed by atoms with Crippen molar-refractivity contribution in [2.75, 3.05) is 5.88 Å². The molecule has 0 aromatic carbocycles. The third-order valence-electron chi connectivity index (χ3n) is 0.575. The third-order valence-corrected chi connectivity index (χ3v) is 1.33. The van der Waals surface area contributed by atoms with Crippen molar-refractivity contribution in [3.05, 3.63) is 0 Å². The fraction of sp³-hybridized carbons (Fsp3) is 0.333. The summed E-state index contributed by atoms with van der Waals surface area (Å²) in [4.78, 5) is 9.82. The number of thioether (sulfide) groups is 1. The lowest BCUT2D eigenvalue weighted by Gasteiger charge is -1.75. The van der Waals surface area contributed by atoms with Crippen molar-refractivity contribution < 1.29 is 4.79 Å². The van der Waals surface area contributed by atoms with E-state index in [9.17, 15) is 4.79 Å². The molecule has 1 rings (SSSR count). The van der Waals surface area contributed by atoms with Gasteiger partial charge in [-0.3, -0.25) is 10.2 Å². The summed E-state index contributed by atoms with van der Waals surface area (Å²) in [7, 11) is 0. The minimum atomic E-state index is 0.542. The Balaban J connectivity index is 2.51. The van der Waals surface area contributed by atoms with Crippen LogP contribution in [0.2, 0.25) is 0 Å². The average molecular weight is 116 g/mol. The van der Waals surface area contributed by atoms with Crippen LogP contribution in [0.3, 0.4) is 0 Å². The molecule has 0 unspecified atom stereocenters. The number of carbonyl (C=O) groups is 1. The number of carbonyl (C=O) groups excluding carboxylic acids is 1. The Morgan fingerprint density at radius 3 is 3.14 bits per heavy atom. The summed E-state index contributed by atoms with van der Waals surface area (Å²) in [6, 6.07) is 0. The summed E-state index contributed by atoms with van der Waals surface area (Å²) < 4.78 is 0. The van der Waals surface area contributed by atoms with Crippen LogP contribution >= 0.6 is 11.8 Å².